The second kappa shape index (κ2) is 7.66. The van der Waals surface area contributed by atoms with Crippen LogP contribution in [0.4, 0.5) is 0 Å². The minimum atomic E-state index is -0.834. The van der Waals surface area contributed by atoms with E-state index in [1.807, 2.05) is 43.0 Å². The van der Waals surface area contributed by atoms with E-state index in [1.165, 1.54) is 0 Å². The maximum absolute atomic E-state index is 12.2. The number of hydrogen-bond donors (Lipinski definition) is 2. The molecule has 1 amide bonds. The maximum Gasteiger partial charge on any atom is 0.251 e. The van der Waals surface area contributed by atoms with Crippen molar-refractivity contribution >= 4 is 17.7 Å². The summed E-state index contributed by atoms with van der Waals surface area (Å²) < 4.78 is 1.97. The molecule has 124 valence electrons. The van der Waals surface area contributed by atoms with Gasteiger partial charge in [0.25, 0.3) is 5.91 Å². The van der Waals surface area contributed by atoms with Crippen molar-refractivity contribution in [2.24, 2.45) is 0 Å². The topological polar surface area (TPSA) is 67.2 Å². The van der Waals surface area contributed by atoms with Crippen molar-refractivity contribution in [3.05, 3.63) is 42.2 Å². The lowest BCUT2D eigenvalue weighted by atomic mass is 9.97. The SMILES string of the molecule is CCC(O)(CC)CNC(=O)c1ccc(-n2ccnc2SC)cc1. The predicted molar refractivity (Wildman–Crippen MR) is 93.2 cm³/mol. The smallest absolute Gasteiger partial charge is 0.251 e. The van der Waals surface area contributed by atoms with Crippen molar-refractivity contribution < 1.29 is 9.90 Å². The molecule has 1 aromatic heterocycles. The van der Waals surface area contributed by atoms with Crippen molar-refractivity contribution in [1.29, 1.82) is 0 Å². The van der Waals surface area contributed by atoms with Crippen LogP contribution in [0.25, 0.3) is 5.69 Å². The van der Waals surface area contributed by atoms with E-state index in [-0.39, 0.29) is 12.5 Å². The fourth-order valence-electron chi connectivity index (χ4n) is 2.26. The van der Waals surface area contributed by atoms with E-state index in [0.717, 1.165) is 10.8 Å². The van der Waals surface area contributed by atoms with Crippen molar-refractivity contribution in [1.82, 2.24) is 14.9 Å². The number of nitrogens with zero attached hydrogens (tertiary/aromatic N) is 2. The number of hydrogen-bond acceptors (Lipinski definition) is 4. The molecule has 1 heterocycles. The summed E-state index contributed by atoms with van der Waals surface area (Å²) in [5.74, 6) is -0.174. The van der Waals surface area contributed by atoms with E-state index in [1.54, 1.807) is 30.1 Å². The number of aliphatic hydroxyl groups is 1. The Bertz CT molecular complexity index is 648. The molecule has 0 fully saturated rings. The standard InChI is InChI=1S/C17H23N3O2S/c1-4-17(22,5-2)12-19-15(21)13-6-8-14(9-7-13)20-11-10-18-16(20)23-3/h6-11,22H,4-5,12H2,1-3H3,(H,19,21). The van der Waals surface area contributed by atoms with E-state index in [2.05, 4.69) is 10.3 Å². The molecule has 0 saturated carbocycles. The molecule has 2 rings (SSSR count). The van der Waals surface area contributed by atoms with E-state index < -0.39 is 5.60 Å². The quantitative estimate of drug-likeness (QED) is 0.765. The Morgan fingerprint density at radius 1 is 1.30 bits per heavy atom. The lowest BCUT2D eigenvalue weighted by Gasteiger charge is -2.25. The number of nitrogens with one attached hydrogen (secondary N) is 1. The Hall–Kier alpha value is -1.79. The molecular formula is C17H23N3O2S. The summed E-state index contributed by atoms with van der Waals surface area (Å²) >= 11 is 1.57. The first kappa shape index (κ1) is 17.6. The fourth-order valence-corrected chi connectivity index (χ4v) is 2.79. The second-order valence-electron chi connectivity index (χ2n) is 5.44. The molecule has 0 unspecified atom stereocenters. The molecule has 0 radical (unpaired) electrons. The number of benzene rings is 1. The number of carbonyl (C=O) groups excluding carboxylic acids is 1. The normalized spacial score (nSPS) is 11.5. The minimum Gasteiger partial charge on any atom is -0.388 e. The molecule has 0 aliphatic rings. The number of imidazole rings is 1. The van der Waals surface area contributed by atoms with Crippen LogP contribution >= 0.6 is 11.8 Å². The van der Waals surface area contributed by atoms with Crippen LogP contribution in [0.5, 0.6) is 0 Å². The molecule has 2 aromatic rings. The van der Waals surface area contributed by atoms with Crippen molar-refractivity contribution in [2.75, 3.05) is 12.8 Å². The minimum absolute atomic E-state index is 0.174. The highest BCUT2D eigenvalue weighted by molar-refractivity contribution is 7.98. The first-order valence-electron chi connectivity index (χ1n) is 7.71. The highest BCUT2D eigenvalue weighted by Crippen LogP contribution is 2.18. The van der Waals surface area contributed by atoms with Gasteiger partial charge in [-0.1, -0.05) is 25.6 Å². The van der Waals surface area contributed by atoms with Crippen LogP contribution in [0.15, 0.2) is 41.8 Å². The van der Waals surface area contributed by atoms with Crippen molar-refractivity contribution in [3.8, 4) is 5.69 Å². The number of amides is 1. The summed E-state index contributed by atoms with van der Waals surface area (Å²) in [6.45, 7) is 4.09. The average molecular weight is 333 g/mol. The molecule has 0 atom stereocenters. The van der Waals surface area contributed by atoms with Gasteiger partial charge in [0, 0.05) is 30.2 Å². The summed E-state index contributed by atoms with van der Waals surface area (Å²) in [6.07, 6.45) is 6.84. The van der Waals surface area contributed by atoms with Gasteiger partial charge < -0.3 is 10.4 Å². The van der Waals surface area contributed by atoms with Crippen LogP contribution in [-0.2, 0) is 0 Å². The zero-order valence-corrected chi connectivity index (χ0v) is 14.6. The first-order chi connectivity index (χ1) is 11.0. The van der Waals surface area contributed by atoms with Crippen molar-refractivity contribution in [3.63, 3.8) is 0 Å². The van der Waals surface area contributed by atoms with Crippen LogP contribution < -0.4 is 5.32 Å². The number of thioether (sulfide) groups is 1. The third-order valence-corrected chi connectivity index (χ3v) is 4.76. The molecule has 5 nitrogen and oxygen atoms in total. The molecular weight excluding hydrogens is 310 g/mol. The van der Waals surface area contributed by atoms with Gasteiger partial charge >= 0.3 is 0 Å². The number of rotatable bonds is 7. The molecule has 2 N–H and O–H groups in total. The second-order valence-corrected chi connectivity index (χ2v) is 6.22. The summed E-state index contributed by atoms with van der Waals surface area (Å²) in [7, 11) is 0. The lowest BCUT2D eigenvalue weighted by Crippen LogP contribution is -2.42. The van der Waals surface area contributed by atoms with Gasteiger partial charge in [-0.3, -0.25) is 9.36 Å². The highest BCUT2D eigenvalue weighted by atomic mass is 32.2. The Morgan fingerprint density at radius 3 is 2.52 bits per heavy atom. The fraction of sp³-hybridized carbons (Fsp3) is 0.412. The zero-order chi connectivity index (χ0) is 16.9. The maximum atomic E-state index is 12.2. The first-order valence-corrected chi connectivity index (χ1v) is 8.94. The van der Waals surface area contributed by atoms with Gasteiger partial charge in [-0.15, -0.1) is 0 Å². The zero-order valence-electron chi connectivity index (χ0n) is 13.7. The summed E-state index contributed by atoms with van der Waals surface area (Å²) in [4.78, 5) is 16.5. The molecule has 23 heavy (non-hydrogen) atoms. The van der Waals surface area contributed by atoms with Gasteiger partial charge in [0.1, 0.15) is 0 Å². The third-order valence-electron chi connectivity index (χ3n) is 4.09. The molecule has 0 saturated heterocycles. The van der Waals surface area contributed by atoms with Crippen molar-refractivity contribution in [2.45, 2.75) is 37.4 Å². The Labute approximate surface area is 141 Å². The molecule has 0 aliphatic carbocycles. The number of aromatic nitrogens is 2. The third kappa shape index (κ3) is 4.14. The van der Waals surface area contributed by atoms with Crippen LogP contribution in [0.3, 0.4) is 0 Å². The molecule has 0 aliphatic heterocycles. The van der Waals surface area contributed by atoms with E-state index in [4.69, 9.17) is 0 Å². The molecule has 6 heteroatoms. The average Bonchev–Trinajstić information content (AvgIpc) is 3.08. The van der Waals surface area contributed by atoms with Crippen LogP contribution in [0.1, 0.15) is 37.0 Å². The Kier molecular flexibility index (Phi) is 5.85. The van der Waals surface area contributed by atoms with E-state index >= 15 is 0 Å². The van der Waals surface area contributed by atoms with Crippen LogP contribution in [0, 0.1) is 0 Å². The lowest BCUT2D eigenvalue weighted by molar-refractivity contribution is 0.0314. The highest BCUT2D eigenvalue weighted by Gasteiger charge is 2.22. The van der Waals surface area contributed by atoms with E-state index in [9.17, 15) is 9.90 Å². The predicted octanol–water partition coefficient (Wildman–Crippen LogP) is 2.88. The van der Waals surface area contributed by atoms with Gasteiger partial charge in [0.15, 0.2) is 5.16 Å². The van der Waals surface area contributed by atoms with Crippen LogP contribution in [0.2, 0.25) is 0 Å². The molecule has 0 bridgehead atoms. The monoisotopic (exact) mass is 333 g/mol. The number of carbonyl (C=O) groups is 1. The molecule has 1 aromatic carbocycles. The van der Waals surface area contributed by atoms with E-state index in [0.29, 0.717) is 18.4 Å². The van der Waals surface area contributed by atoms with Gasteiger partial charge in [0.05, 0.1) is 5.60 Å². The van der Waals surface area contributed by atoms with Gasteiger partial charge in [-0.25, -0.2) is 4.98 Å². The summed E-state index contributed by atoms with van der Waals surface area (Å²) in [6, 6.07) is 7.35. The largest absolute Gasteiger partial charge is 0.388 e. The van der Waals surface area contributed by atoms with Gasteiger partial charge in [0.2, 0.25) is 0 Å². The summed E-state index contributed by atoms with van der Waals surface area (Å²) in [5, 5.41) is 13.9. The van der Waals surface area contributed by atoms with Gasteiger partial charge in [-0.2, -0.15) is 0 Å². The Balaban J connectivity index is 2.06. The molecule has 0 spiro atoms. The van der Waals surface area contributed by atoms with Gasteiger partial charge in [-0.05, 0) is 43.4 Å². The summed E-state index contributed by atoms with van der Waals surface area (Å²) in [5.41, 5.74) is 0.704. The Morgan fingerprint density at radius 2 is 1.96 bits per heavy atom. The van der Waals surface area contributed by atoms with Crippen LogP contribution in [-0.4, -0.2) is 39.0 Å².